The van der Waals surface area contributed by atoms with E-state index in [-0.39, 0.29) is 5.57 Å². The number of carbonyl (C=O) groups is 2. The van der Waals surface area contributed by atoms with Gasteiger partial charge in [-0.3, -0.25) is 4.79 Å². The van der Waals surface area contributed by atoms with Crippen molar-refractivity contribution >= 4 is 11.9 Å². The molecule has 35 heavy (non-hydrogen) atoms. The summed E-state index contributed by atoms with van der Waals surface area (Å²) in [4.78, 5) is 25.9. The summed E-state index contributed by atoms with van der Waals surface area (Å²) in [5.41, 5.74) is -0.495. The van der Waals surface area contributed by atoms with Crippen LogP contribution in [-0.4, -0.2) is 37.9 Å². The first-order chi connectivity index (χ1) is 16.8. The molecule has 0 saturated carbocycles. The maximum atomic E-state index is 13.0. The largest absolute Gasteiger partial charge is 0.511 e. The van der Waals surface area contributed by atoms with E-state index < -0.39 is 40.9 Å². The summed E-state index contributed by atoms with van der Waals surface area (Å²) in [7, 11) is 2.26. The first-order valence-electron chi connectivity index (χ1n) is 11.0. The summed E-state index contributed by atoms with van der Waals surface area (Å²) in [6, 6.07) is 17.7. The zero-order valence-electron chi connectivity index (χ0n) is 19.9. The molecule has 0 bridgehead atoms. The summed E-state index contributed by atoms with van der Waals surface area (Å²) in [6.07, 6.45) is 0. The van der Waals surface area contributed by atoms with Crippen LogP contribution in [0.5, 0.6) is 5.75 Å². The number of nitriles is 2. The van der Waals surface area contributed by atoms with E-state index in [4.69, 9.17) is 14.2 Å². The number of carbonyl (C=O) groups excluding carboxylic acids is 2. The fraction of sp³-hybridized carbons (Fsp3) is 0.333. The van der Waals surface area contributed by atoms with Crippen LogP contribution in [0.25, 0.3) is 0 Å². The number of hydrogen-bond acceptors (Lipinski definition) is 8. The SMILES string of the molecule is CCOc1ccc([C@H]2[C@@H](C(=O)OC)C(O)=C(C(=O)OC)[C@H](c3ccc(C)cc3)C2(C#N)C#N)cc1. The zero-order valence-corrected chi connectivity index (χ0v) is 19.9. The Balaban J connectivity index is 2.42. The Morgan fingerprint density at radius 1 is 0.971 bits per heavy atom. The maximum absolute atomic E-state index is 13.0. The van der Waals surface area contributed by atoms with Crippen LogP contribution in [0.2, 0.25) is 0 Å². The van der Waals surface area contributed by atoms with Crippen molar-refractivity contribution in [3.05, 3.63) is 76.6 Å². The highest BCUT2D eigenvalue weighted by molar-refractivity contribution is 5.94. The standard InChI is InChI=1S/C27H26N2O6/c1-5-35-19-12-10-18(11-13-19)23-21(26(32)34-4)24(30)20(25(31)33-3)22(27(23,14-28)15-29)17-8-6-16(2)7-9-17/h6-13,21-23,30H,5H2,1-4H3/t21-,22+,23+/m1/s1. The van der Waals surface area contributed by atoms with Crippen LogP contribution in [0.3, 0.4) is 0 Å². The molecule has 0 spiro atoms. The molecular weight excluding hydrogens is 448 g/mol. The van der Waals surface area contributed by atoms with Gasteiger partial charge in [0.25, 0.3) is 0 Å². The Morgan fingerprint density at radius 2 is 1.54 bits per heavy atom. The van der Waals surface area contributed by atoms with Gasteiger partial charge in [-0.25, -0.2) is 4.79 Å². The Kier molecular flexibility index (Phi) is 7.46. The van der Waals surface area contributed by atoms with E-state index in [1.54, 1.807) is 48.5 Å². The first-order valence-corrected chi connectivity index (χ1v) is 11.0. The number of aliphatic hydroxyl groups is 1. The lowest BCUT2D eigenvalue weighted by Crippen LogP contribution is -2.47. The molecule has 0 heterocycles. The Labute approximate surface area is 204 Å². The third-order valence-electron chi connectivity index (χ3n) is 6.33. The minimum Gasteiger partial charge on any atom is -0.511 e. The zero-order chi connectivity index (χ0) is 25.8. The fourth-order valence-corrected chi connectivity index (χ4v) is 4.73. The first kappa shape index (κ1) is 25.3. The average Bonchev–Trinajstić information content (AvgIpc) is 2.88. The number of ether oxygens (including phenoxy) is 3. The molecular formula is C27H26N2O6. The molecule has 0 saturated heterocycles. The lowest BCUT2D eigenvalue weighted by Gasteiger charge is -2.44. The second kappa shape index (κ2) is 10.3. The number of esters is 2. The predicted octanol–water partition coefficient (Wildman–Crippen LogP) is 4.08. The van der Waals surface area contributed by atoms with Gasteiger partial charge in [0, 0.05) is 5.92 Å². The molecule has 0 aliphatic heterocycles. The minimum absolute atomic E-state index is 0.322. The van der Waals surface area contributed by atoms with Crippen LogP contribution in [0, 0.1) is 40.9 Å². The number of nitrogens with zero attached hydrogens (tertiary/aromatic N) is 2. The van der Waals surface area contributed by atoms with E-state index in [0.29, 0.717) is 23.5 Å². The highest BCUT2D eigenvalue weighted by Gasteiger charge is 2.61. The Bertz CT molecular complexity index is 1200. The molecule has 0 fully saturated rings. The van der Waals surface area contributed by atoms with E-state index in [1.165, 1.54) is 0 Å². The highest BCUT2D eigenvalue weighted by atomic mass is 16.5. The van der Waals surface area contributed by atoms with E-state index in [1.807, 2.05) is 13.8 Å². The van der Waals surface area contributed by atoms with Crippen LogP contribution in [0.1, 0.15) is 35.4 Å². The summed E-state index contributed by atoms with van der Waals surface area (Å²) < 4.78 is 15.4. The van der Waals surface area contributed by atoms with Crippen molar-refractivity contribution < 1.29 is 28.9 Å². The van der Waals surface area contributed by atoms with E-state index in [0.717, 1.165) is 19.8 Å². The topological polar surface area (TPSA) is 130 Å². The molecule has 0 aromatic heterocycles. The molecule has 3 atom stereocenters. The van der Waals surface area contributed by atoms with Gasteiger partial charge in [0.15, 0.2) is 5.41 Å². The van der Waals surface area contributed by atoms with Crippen molar-refractivity contribution in [2.75, 3.05) is 20.8 Å². The molecule has 1 aliphatic carbocycles. The molecule has 2 aromatic carbocycles. The van der Waals surface area contributed by atoms with Crippen LogP contribution < -0.4 is 4.74 Å². The smallest absolute Gasteiger partial charge is 0.337 e. The van der Waals surface area contributed by atoms with Crippen LogP contribution in [0.4, 0.5) is 0 Å². The molecule has 0 radical (unpaired) electrons. The molecule has 1 aliphatic rings. The summed E-state index contributed by atoms with van der Waals surface area (Å²) in [5, 5.41) is 32.4. The molecule has 180 valence electrons. The van der Waals surface area contributed by atoms with Crippen LogP contribution in [0.15, 0.2) is 59.9 Å². The molecule has 8 heteroatoms. The lowest BCUT2D eigenvalue weighted by molar-refractivity contribution is -0.147. The second-order valence-electron chi connectivity index (χ2n) is 8.21. The van der Waals surface area contributed by atoms with E-state index in [2.05, 4.69) is 12.1 Å². The van der Waals surface area contributed by atoms with Gasteiger partial charge < -0.3 is 19.3 Å². The third kappa shape index (κ3) is 4.31. The maximum Gasteiger partial charge on any atom is 0.337 e. The van der Waals surface area contributed by atoms with Gasteiger partial charge in [0.2, 0.25) is 0 Å². The lowest BCUT2D eigenvalue weighted by atomic mass is 9.54. The predicted molar refractivity (Wildman–Crippen MR) is 125 cm³/mol. The molecule has 8 nitrogen and oxygen atoms in total. The normalized spacial score (nSPS) is 20.8. The van der Waals surface area contributed by atoms with Crippen LogP contribution >= 0.6 is 0 Å². The fourth-order valence-electron chi connectivity index (χ4n) is 4.73. The average molecular weight is 475 g/mol. The van der Waals surface area contributed by atoms with Crippen molar-refractivity contribution in [2.45, 2.75) is 25.7 Å². The number of methoxy groups -OCH3 is 2. The minimum atomic E-state index is -1.98. The highest BCUT2D eigenvalue weighted by Crippen LogP contribution is 2.59. The van der Waals surface area contributed by atoms with Crippen molar-refractivity contribution in [3.63, 3.8) is 0 Å². The molecule has 0 unspecified atom stereocenters. The van der Waals surface area contributed by atoms with Crippen LogP contribution in [-0.2, 0) is 19.1 Å². The van der Waals surface area contributed by atoms with Gasteiger partial charge >= 0.3 is 11.9 Å². The van der Waals surface area contributed by atoms with E-state index >= 15 is 0 Å². The van der Waals surface area contributed by atoms with Gasteiger partial charge in [-0.05, 0) is 37.1 Å². The number of hydrogen-bond donors (Lipinski definition) is 1. The van der Waals surface area contributed by atoms with Crippen molar-refractivity contribution in [3.8, 4) is 17.9 Å². The van der Waals surface area contributed by atoms with Crippen molar-refractivity contribution in [1.82, 2.24) is 0 Å². The Hall–Kier alpha value is -4.30. The van der Waals surface area contributed by atoms with Gasteiger partial charge in [-0.15, -0.1) is 0 Å². The van der Waals surface area contributed by atoms with Crippen molar-refractivity contribution in [1.29, 1.82) is 10.5 Å². The summed E-state index contributed by atoms with van der Waals surface area (Å²) in [5.74, 6) is -5.72. The number of aliphatic hydroxyl groups excluding tert-OH is 1. The second-order valence-corrected chi connectivity index (χ2v) is 8.21. The van der Waals surface area contributed by atoms with Gasteiger partial charge in [-0.2, -0.15) is 10.5 Å². The van der Waals surface area contributed by atoms with Gasteiger partial charge in [0.1, 0.15) is 17.4 Å². The Morgan fingerprint density at radius 3 is 2.03 bits per heavy atom. The monoisotopic (exact) mass is 474 g/mol. The van der Waals surface area contributed by atoms with Gasteiger partial charge in [-0.1, -0.05) is 42.0 Å². The van der Waals surface area contributed by atoms with Crippen molar-refractivity contribution in [2.24, 2.45) is 11.3 Å². The number of rotatable bonds is 6. The third-order valence-corrected chi connectivity index (χ3v) is 6.33. The summed E-state index contributed by atoms with van der Waals surface area (Å²) in [6.45, 7) is 4.15. The number of aryl methyl sites for hydroxylation is 1. The van der Waals surface area contributed by atoms with E-state index in [9.17, 15) is 25.2 Å². The van der Waals surface area contributed by atoms with Gasteiger partial charge in [0.05, 0.1) is 44.5 Å². The molecule has 1 N–H and O–H groups in total. The summed E-state index contributed by atoms with van der Waals surface area (Å²) >= 11 is 0. The molecule has 0 amide bonds. The quantitative estimate of drug-likeness (QED) is 0.620. The number of benzene rings is 2. The molecule has 2 aromatic rings. The molecule has 3 rings (SSSR count).